The van der Waals surface area contributed by atoms with Gasteiger partial charge in [0.25, 0.3) is 0 Å². The molecule has 110 valence electrons. The van der Waals surface area contributed by atoms with Crippen LogP contribution in [0.2, 0.25) is 0 Å². The van der Waals surface area contributed by atoms with Crippen molar-refractivity contribution in [3.05, 3.63) is 35.9 Å². The van der Waals surface area contributed by atoms with Gasteiger partial charge in [-0.15, -0.1) is 0 Å². The Balaban J connectivity index is 1.69. The van der Waals surface area contributed by atoms with Gasteiger partial charge in [-0.2, -0.15) is 0 Å². The van der Waals surface area contributed by atoms with Gasteiger partial charge in [-0.1, -0.05) is 43.2 Å². The minimum absolute atomic E-state index is 0.243. The minimum Gasteiger partial charge on any atom is -0.376 e. The van der Waals surface area contributed by atoms with Gasteiger partial charge in [0, 0.05) is 12.6 Å². The first kappa shape index (κ1) is 15.0. The number of hydrogen-bond acceptors (Lipinski definition) is 2. The quantitative estimate of drug-likeness (QED) is 0.771. The van der Waals surface area contributed by atoms with Crippen molar-refractivity contribution < 1.29 is 9.53 Å². The van der Waals surface area contributed by atoms with Crippen LogP contribution < -0.4 is 0 Å². The van der Waals surface area contributed by atoms with E-state index in [9.17, 15) is 4.79 Å². The van der Waals surface area contributed by atoms with Crippen molar-refractivity contribution in [3.63, 3.8) is 0 Å². The number of likely N-dealkylation sites (tertiary alicyclic amines) is 1. The van der Waals surface area contributed by atoms with Crippen LogP contribution in [0.5, 0.6) is 0 Å². The zero-order valence-corrected chi connectivity index (χ0v) is 12.4. The zero-order chi connectivity index (χ0) is 14.2. The maximum absolute atomic E-state index is 12.2. The fourth-order valence-corrected chi connectivity index (χ4v) is 2.71. The van der Waals surface area contributed by atoms with Crippen molar-refractivity contribution >= 4 is 5.91 Å². The number of nitrogens with zero attached hydrogens (tertiary/aromatic N) is 1. The van der Waals surface area contributed by atoms with E-state index in [-0.39, 0.29) is 5.91 Å². The molecule has 1 amide bonds. The smallest absolute Gasteiger partial charge is 0.225 e. The second-order valence-corrected chi connectivity index (χ2v) is 5.57. The number of carbonyl (C=O) groups is 1. The van der Waals surface area contributed by atoms with Crippen LogP contribution in [0.15, 0.2) is 30.3 Å². The lowest BCUT2D eigenvalue weighted by Crippen LogP contribution is -2.38. The Kier molecular flexibility index (Phi) is 6.06. The predicted molar refractivity (Wildman–Crippen MR) is 80.4 cm³/mol. The molecule has 1 unspecified atom stereocenters. The van der Waals surface area contributed by atoms with Gasteiger partial charge >= 0.3 is 0 Å². The Bertz CT molecular complexity index is 405. The number of carbonyl (C=O) groups excluding carboxylic acids is 1. The fourth-order valence-electron chi connectivity index (χ4n) is 2.71. The molecule has 1 saturated heterocycles. The third kappa shape index (κ3) is 4.64. The average Bonchev–Trinajstić information content (AvgIpc) is 2.69. The van der Waals surface area contributed by atoms with Crippen molar-refractivity contribution in [2.24, 2.45) is 0 Å². The van der Waals surface area contributed by atoms with Crippen molar-refractivity contribution in [1.82, 2.24) is 4.90 Å². The molecule has 3 nitrogen and oxygen atoms in total. The Labute approximate surface area is 121 Å². The standard InChI is InChI=1S/C17H25NO2/c1-15-8-4-3-7-12-18(15)17(19)11-13-20-14-16-9-5-2-6-10-16/h2,5-6,9-10,15H,3-4,7-8,11-14H2,1H3. The van der Waals surface area contributed by atoms with Crippen LogP contribution in [0.3, 0.4) is 0 Å². The lowest BCUT2D eigenvalue weighted by molar-refractivity contribution is -0.134. The van der Waals surface area contributed by atoms with Crippen LogP contribution >= 0.6 is 0 Å². The summed E-state index contributed by atoms with van der Waals surface area (Å²) in [5, 5.41) is 0. The first-order chi connectivity index (χ1) is 9.77. The molecule has 0 radical (unpaired) electrons. The summed E-state index contributed by atoms with van der Waals surface area (Å²) in [6.07, 6.45) is 5.27. The number of ether oxygens (including phenoxy) is 1. The van der Waals surface area contributed by atoms with E-state index in [1.54, 1.807) is 0 Å². The molecule has 1 aliphatic rings. The third-order valence-corrected chi connectivity index (χ3v) is 3.95. The minimum atomic E-state index is 0.243. The number of hydrogen-bond donors (Lipinski definition) is 0. The maximum atomic E-state index is 12.2. The maximum Gasteiger partial charge on any atom is 0.225 e. The van der Waals surface area contributed by atoms with Crippen LogP contribution in [0.4, 0.5) is 0 Å². The highest BCUT2D eigenvalue weighted by Crippen LogP contribution is 2.17. The van der Waals surface area contributed by atoms with Crippen molar-refractivity contribution in [2.75, 3.05) is 13.2 Å². The average molecular weight is 275 g/mol. The molecule has 20 heavy (non-hydrogen) atoms. The predicted octanol–water partition coefficient (Wildman–Crippen LogP) is 3.38. The second-order valence-electron chi connectivity index (χ2n) is 5.57. The van der Waals surface area contributed by atoms with E-state index in [1.165, 1.54) is 12.8 Å². The van der Waals surface area contributed by atoms with Crippen LogP contribution in [-0.4, -0.2) is 30.0 Å². The summed E-state index contributed by atoms with van der Waals surface area (Å²) >= 11 is 0. The van der Waals surface area contributed by atoms with E-state index in [2.05, 4.69) is 6.92 Å². The largest absolute Gasteiger partial charge is 0.376 e. The summed E-state index contributed by atoms with van der Waals surface area (Å²) in [5.41, 5.74) is 1.16. The highest BCUT2D eigenvalue weighted by Gasteiger charge is 2.21. The Morgan fingerprint density at radius 1 is 1.25 bits per heavy atom. The molecule has 0 bridgehead atoms. The van der Waals surface area contributed by atoms with Gasteiger partial charge in [0.05, 0.1) is 19.6 Å². The first-order valence-corrected chi connectivity index (χ1v) is 7.68. The highest BCUT2D eigenvalue weighted by atomic mass is 16.5. The monoisotopic (exact) mass is 275 g/mol. The number of rotatable bonds is 5. The Morgan fingerprint density at radius 3 is 2.85 bits per heavy atom. The normalized spacial score (nSPS) is 19.6. The molecule has 1 fully saturated rings. The van der Waals surface area contributed by atoms with Crippen molar-refractivity contribution in [3.8, 4) is 0 Å². The Morgan fingerprint density at radius 2 is 2.05 bits per heavy atom. The van der Waals surface area contributed by atoms with Gasteiger partial charge in [-0.25, -0.2) is 0 Å². The fraction of sp³-hybridized carbons (Fsp3) is 0.588. The summed E-state index contributed by atoms with van der Waals surface area (Å²) in [6, 6.07) is 10.5. The molecule has 0 aromatic heterocycles. The topological polar surface area (TPSA) is 29.5 Å². The molecule has 1 atom stereocenters. The summed E-state index contributed by atoms with van der Waals surface area (Å²) in [7, 11) is 0. The molecular weight excluding hydrogens is 250 g/mol. The molecule has 0 aliphatic carbocycles. The van der Waals surface area contributed by atoms with Gasteiger partial charge in [-0.3, -0.25) is 4.79 Å². The molecule has 1 heterocycles. The van der Waals surface area contributed by atoms with E-state index in [4.69, 9.17) is 4.74 Å². The summed E-state index contributed by atoms with van der Waals surface area (Å²) < 4.78 is 5.60. The summed E-state index contributed by atoms with van der Waals surface area (Å²) in [6.45, 7) is 4.17. The molecule has 0 N–H and O–H groups in total. The number of amides is 1. The van der Waals surface area contributed by atoms with Crippen molar-refractivity contribution in [2.45, 2.75) is 51.7 Å². The van der Waals surface area contributed by atoms with E-state index in [1.807, 2.05) is 35.2 Å². The van der Waals surface area contributed by atoms with Gasteiger partial charge < -0.3 is 9.64 Å². The van der Waals surface area contributed by atoms with Gasteiger partial charge in [0.2, 0.25) is 5.91 Å². The van der Waals surface area contributed by atoms with E-state index in [0.717, 1.165) is 24.9 Å². The molecular formula is C17H25NO2. The van der Waals surface area contributed by atoms with Crippen molar-refractivity contribution in [1.29, 1.82) is 0 Å². The molecule has 1 aliphatic heterocycles. The van der Waals surface area contributed by atoms with E-state index < -0.39 is 0 Å². The highest BCUT2D eigenvalue weighted by molar-refractivity contribution is 5.76. The molecule has 1 aromatic rings. The zero-order valence-electron chi connectivity index (χ0n) is 12.4. The molecule has 0 spiro atoms. The molecule has 0 saturated carbocycles. The first-order valence-electron chi connectivity index (χ1n) is 7.68. The lowest BCUT2D eigenvalue weighted by atomic mass is 10.1. The number of benzene rings is 1. The molecule has 2 rings (SSSR count). The van der Waals surface area contributed by atoms with Gasteiger partial charge in [0.15, 0.2) is 0 Å². The Hall–Kier alpha value is -1.35. The SMILES string of the molecule is CC1CCCCCN1C(=O)CCOCc1ccccc1. The van der Waals surface area contributed by atoms with Crippen LogP contribution in [0.25, 0.3) is 0 Å². The van der Waals surface area contributed by atoms with E-state index >= 15 is 0 Å². The summed E-state index contributed by atoms with van der Waals surface area (Å²) in [4.78, 5) is 14.3. The third-order valence-electron chi connectivity index (χ3n) is 3.95. The van der Waals surface area contributed by atoms with Gasteiger partial charge in [0.1, 0.15) is 0 Å². The lowest BCUT2D eigenvalue weighted by Gasteiger charge is -2.27. The second kappa shape index (κ2) is 8.05. The van der Waals surface area contributed by atoms with Crippen LogP contribution in [-0.2, 0) is 16.1 Å². The van der Waals surface area contributed by atoms with Crippen LogP contribution in [0.1, 0.15) is 44.6 Å². The van der Waals surface area contributed by atoms with Gasteiger partial charge in [-0.05, 0) is 25.3 Å². The summed E-state index contributed by atoms with van der Waals surface area (Å²) in [5.74, 6) is 0.243. The van der Waals surface area contributed by atoms with E-state index in [0.29, 0.717) is 25.7 Å². The van der Waals surface area contributed by atoms with Crippen LogP contribution in [0, 0.1) is 0 Å². The molecule has 1 aromatic carbocycles. The molecule has 3 heteroatoms.